The normalized spacial score (nSPS) is 11.0. The molecule has 0 aliphatic carbocycles. The van der Waals surface area contributed by atoms with Gasteiger partial charge in [-0.05, 0) is 76.1 Å². The molecule has 0 unspecified atom stereocenters. The third-order valence-electron chi connectivity index (χ3n) is 4.66. The van der Waals surface area contributed by atoms with Gasteiger partial charge >= 0.3 is 0 Å². The van der Waals surface area contributed by atoms with Crippen LogP contribution in [-0.4, -0.2) is 17.3 Å². The number of phenolic OH excluding ortho intramolecular Hbond substituents is 2. The Morgan fingerprint density at radius 2 is 1.19 bits per heavy atom. The molecule has 0 amide bonds. The Kier molecular flexibility index (Phi) is 5.43. The molecular formula is C23H25O3P. The van der Waals surface area contributed by atoms with E-state index in [0.29, 0.717) is 0 Å². The first-order valence-electron chi connectivity index (χ1n) is 8.87. The van der Waals surface area contributed by atoms with Crippen molar-refractivity contribution in [3.63, 3.8) is 0 Å². The molecule has 0 aliphatic rings. The molecule has 0 atom stereocenters. The van der Waals surface area contributed by atoms with Gasteiger partial charge in [-0.3, -0.25) is 0 Å². The van der Waals surface area contributed by atoms with E-state index in [-0.39, 0.29) is 11.5 Å². The molecule has 0 saturated heterocycles. The largest absolute Gasteiger partial charge is 0.507 e. The first-order valence-corrected chi connectivity index (χ1v) is 10.2. The highest BCUT2D eigenvalue weighted by atomic mass is 31.1. The van der Waals surface area contributed by atoms with Crippen LogP contribution in [0.4, 0.5) is 0 Å². The van der Waals surface area contributed by atoms with Crippen LogP contribution in [0.1, 0.15) is 22.3 Å². The van der Waals surface area contributed by atoms with Gasteiger partial charge in [0.15, 0.2) is 0 Å². The number of aromatic hydroxyl groups is 2. The Balaban J connectivity index is 2.39. The van der Waals surface area contributed by atoms with E-state index in [1.54, 1.807) is 7.11 Å². The van der Waals surface area contributed by atoms with Gasteiger partial charge in [-0.2, -0.15) is 0 Å². The molecule has 140 valence electrons. The van der Waals surface area contributed by atoms with Gasteiger partial charge in [0.2, 0.25) is 0 Å². The molecule has 0 saturated carbocycles. The molecule has 3 nitrogen and oxygen atoms in total. The van der Waals surface area contributed by atoms with Gasteiger partial charge < -0.3 is 14.9 Å². The number of rotatable bonds is 4. The van der Waals surface area contributed by atoms with Gasteiger partial charge in [-0.15, -0.1) is 0 Å². The summed E-state index contributed by atoms with van der Waals surface area (Å²) >= 11 is 0. The predicted octanol–water partition coefficient (Wildman–Crippen LogP) is 4.10. The summed E-state index contributed by atoms with van der Waals surface area (Å²) < 4.78 is 5.62. The van der Waals surface area contributed by atoms with Crippen molar-refractivity contribution in [2.45, 2.75) is 27.7 Å². The second-order valence-corrected chi connectivity index (χ2v) is 9.02. The lowest BCUT2D eigenvalue weighted by molar-refractivity contribution is 0.418. The van der Waals surface area contributed by atoms with Crippen LogP contribution in [0.2, 0.25) is 0 Å². The minimum Gasteiger partial charge on any atom is -0.507 e. The molecule has 2 N–H and O–H groups in total. The van der Waals surface area contributed by atoms with E-state index >= 15 is 0 Å². The molecule has 3 rings (SSSR count). The lowest BCUT2D eigenvalue weighted by atomic mass is 10.1. The monoisotopic (exact) mass is 380 g/mol. The lowest BCUT2D eigenvalue weighted by Crippen LogP contribution is -2.24. The molecule has 0 spiro atoms. The number of aryl methyl sites for hydroxylation is 4. The second kappa shape index (κ2) is 7.62. The van der Waals surface area contributed by atoms with Crippen LogP contribution in [0.5, 0.6) is 17.2 Å². The molecule has 27 heavy (non-hydrogen) atoms. The van der Waals surface area contributed by atoms with Crippen LogP contribution < -0.4 is 20.7 Å². The van der Waals surface area contributed by atoms with Crippen LogP contribution in [0, 0.1) is 27.7 Å². The molecule has 0 aliphatic heterocycles. The highest BCUT2D eigenvalue weighted by molar-refractivity contribution is 7.80. The Labute approximate surface area is 162 Å². The van der Waals surface area contributed by atoms with Gasteiger partial charge in [0.1, 0.15) is 17.2 Å². The second-order valence-electron chi connectivity index (χ2n) is 6.91. The average Bonchev–Trinajstić information content (AvgIpc) is 2.63. The van der Waals surface area contributed by atoms with Crippen molar-refractivity contribution < 1.29 is 14.9 Å². The molecule has 0 fully saturated rings. The summed E-state index contributed by atoms with van der Waals surface area (Å²) in [5.74, 6) is 1.30. The van der Waals surface area contributed by atoms with Gasteiger partial charge in [0.05, 0.1) is 7.11 Å². The summed E-state index contributed by atoms with van der Waals surface area (Å²) in [7, 11) is 0.444. The first kappa shape index (κ1) is 19.3. The van der Waals surface area contributed by atoms with Crippen molar-refractivity contribution in [3.8, 4) is 17.2 Å². The van der Waals surface area contributed by atoms with E-state index in [1.165, 1.54) is 0 Å². The molecule has 0 radical (unpaired) electrons. The van der Waals surface area contributed by atoms with Crippen LogP contribution in [0.3, 0.4) is 0 Å². The maximum Gasteiger partial charge on any atom is 0.127 e. The van der Waals surface area contributed by atoms with E-state index in [4.69, 9.17) is 4.74 Å². The fourth-order valence-electron chi connectivity index (χ4n) is 3.42. The fraction of sp³-hybridized carbons (Fsp3) is 0.217. The summed E-state index contributed by atoms with van der Waals surface area (Å²) in [4.78, 5) is 0. The third kappa shape index (κ3) is 3.65. The zero-order chi connectivity index (χ0) is 19.7. The zero-order valence-corrected chi connectivity index (χ0v) is 17.3. The summed E-state index contributed by atoms with van der Waals surface area (Å²) in [6.45, 7) is 7.85. The van der Waals surface area contributed by atoms with Gasteiger partial charge in [-0.25, -0.2) is 0 Å². The minimum absolute atomic E-state index is 0.274. The van der Waals surface area contributed by atoms with E-state index in [1.807, 2.05) is 76.2 Å². The van der Waals surface area contributed by atoms with Crippen molar-refractivity contribution in [3.05, 3.63) is 70.8 Å². The van der Waals surface area contributed by atoms with Crippen LogP contribution in [-0.2, 0) is 0 Å². The molecule has 0 aromatic heterocycles. The topological polar surface area (TPSA) is 49.7 Å². The maximum atomic E-state index is 10.9. The maximum absolute atomic E-state index is 10.9. The number of ether oxygens (including phenoxy) is 1. The molecule has 3 aromatic rings. The highest BCUT2D eigenvalue weighted by Crippen LogP contribution is 2.43. The van der Waals surface area contributed by atoms with Crippen LogP contribution in [0.15, 0.2) is 48.5 Å². The number of hydrogen-bond donors (Lipinski definition) is 2. The summed E-state index contributed by atoms with van der Waals surface area (Å²) in [5.41, 5.74) is 3.81. The number of methoxy groups -OCH3 is 1. The number of benzene rings is 3. The van der Waals surface area contributed by atoms with Crippen molar-refractivity contribution in [2.75, 3.05) is 7.11 Å². The van der Waals surface area contributed by atoms with Crippen molar-refractivity contribution in [1.82, 2.24) is 0 Å². The Morgan fingerprint density at radius 1 is 0.704 bits per heavy atom. The predicted molar refractivity (Wildman–Crippen MR) is 114 cm³/mol. The third-order valence-corrected chi connectivity index (χ3v) is 7.15. The quantitative estimate of drug-likeness (QED) is 0.670. The lowest BCUT2D eigenvalue weighted by Gasteiger charge is -2.25. The molecule has 0 bridgehead atoms. The summed E-state index contributed by atoms with van der Waals surface area (Å²) in [6.07, 6.45) is 0. The van der Waals surface area contributed by atoms with E-state index in [2.05, 4.69) is 0 Å². The Bertz CT molecular complexity index is 938. The number of phenols is 2. The average molecular weight is 380 g/mol. The number of hydrogen-bond acceptors (Lipinski definition) is 3. The number of para-hydroxylation sites is 1. The van der Waals surface area contributed by atoms with Crippen molar-refractivity contribution >= 4 is 23.8 Å². The standard InChI is InChI=1S/C23H25O3P/c1-14-10-16(3)22(24)20(12-14)27(19-9-7-6-8-18(19)26-5)21-13-15(2)11-17(4)23(21)25/h6-13,24-25H,1-5H3. The Morgan fingerprint density at radius 3 is 1.67 bits per heavy atom. The van der Waals surface area contributed by atoms with Gasteiger partial charge in [0, 0.05) is 15.9 Å². The smallest absolute Gasteiger partial charge is 0.127 e. The van der Waals surface area contributed by atoms with E-state index < -0.39 is 7.92 Å². The van der Waals surface area contributed by atoms with Gasteiger partial charge in [-0.1, -0.05) is 30.3 Å². The van der Waals surface area contributed by atoms with E-state index in [9.17, 15) is 10.2 Å². The van der Waals surface area contributed by atoms with Crippen LogP contribution in [0.25, 0.3) is 0 Å². The zero-order valence-electron chi connectivity index (χ0n) is 16.4. The molecule has 0 heterocycles. The van der Waals surface area contributed by atoms with Crippen molar-refractivity contribution in [1.29, 1.82) is 0 Å². The summed E-state index contributed by atoms with van der Waals surface area (Å²) in [5, 5.41) is 24.4. The molecular weight excluding hydrogens is 355 g/mol. The van der Waals surface area contributed by atoms with E-state index in [0.717, 1.165) is 43.9 Å². The molecule has 4 heteroatoms. The SMILES string of the molecule is COc1ccccc1P(c1cc(C)cc(C)c1O)c1cc(C)cc(C)c1O. The first-order chi connectivity index (χ1) is 12.8. The highest BCUT2D eigenvalue weighted by Gasteiger charge is 2.27. The van der Waals surface area contributed by atoms with Crippen LogP contribution >= 0.6 is 7.92 Å². The Hall–Kier alpha value is -2.51. The van der Waals surface area contributed by atoms with Gasteiger partial charge in [0.25, 0.3) is 0 Å². The van der Waals surface area contributed by atoms with Crippen molar-refractivity contribution in [2.24, 2.45) is 0 Å². The minimum atomic E-state index is -1.20. The summed E-state index contributed by atoms with van der Waals surface area (Å²) in [6, 6.07) is 15.8. The fourth-order valence-corrected chi connectivity index (χ4v) is 6.26. The molecule has 3 aromatic carbocycles.